The van der Waals surface area contributed by atoms with Crippen molar-refractivity contribution in [2.45, 2.75) is 51.4 Å². The average Bonchev–Trinajstić information content (AvgIpc) is 2.43. The van der Waals surface area contributed by atoms with Crippen LogP contribution in [0.3, 0.4) is 0 Å². The van der Waals surface area contributed by atoms with Crippen LogP contribution in [0.4, 0.5) is 0 Å². The lowest BCUT2D eigenvalue weighted by atomic mass is 9.95. The second-order valence-electron chi connectivity index (χ2n) is 6.86. The summed E-state index contributed by atoms with van der Waals surface area (Å²) in [5.41, 5.74) is 1.12. The summed E-state index contributed by atoms with van der Waals surface area (Å²) in [4.78, 5) is 11.8. The van der Waals surface area contributed by atoms with Gasteiger partial charge < -0.3 is 9.47 Å². The lowest BCUT2D eigenvalue weighted by molar-refractivity contribution is -0.143. The van der Waals surface area contributed by atoms with Crippen LogP contribution >= 0.6 is 15.9 Å². The molecule has 1 atom stereocenters. The van der Waals surface area contributed by atoms with Crippen LogP contribution in [0.2, 0.25) is 25.7 Å². The van der Waals surface area contributed by atoms with E-state index in [2.05, 4.69) is 48.6 Å². The van der Waals surface area contributed by atoms with Crippen LogP contribution in [0.5, 0.6) is 5.75 Å². The molecule has 0 heterocycles. The number of esters is 1. The van der Waals surface area contributed by atoms with Crippen LogP contribution in [-0.2, 0) is 9.53 Å². The normalized spacial score (nSPS) is 12.8. The predicted octanol–water partition coefficient (Wildman–Crippen LogP) is 5.22. The van der Waals surface area contributed by atoms with Gasteiger partial charge in [0.05, 0.1) is 13.7 Å². The van der Waals surface area contributed by atoms with Gasteiger partial charge in [-0.1, -0.05) is 42.5 Å². The highest BCUT2D eigenvalue weighted by Gasteiger charge is 2.16. The highest BCUT2D eigenvalue weighted by Crippen LogP contribution is 2.32. The lowest BCUT2D eigenvalue weighted by Crippen LogP contribution is -2.22. The number of halogens is 1. The molecule has 0 radical (unpaired) electrons. The summed E-state index contributed by atoms with van der Waals surface area (Å²) in [7, 11) is 0.532. The highest BCUT2D eigenvalue weighted by atomic mass is 79.9. The van der Waals surface area contributed by atoms with E-state index in [-0.39, 0.29) is 11.9 Å². The van der Waals surface area contributed by atoms with Gasteiger partial charge in [0, 0.05) is 19.0 Å². The van der Waals surface area contributed by atoms with Crippen LogP contribution in [0, 0.1) is 0 Å². The summed E-state index contributed by atoms with van der Waals surface area (Å²) < 4.78 is 11.8. The molecule has 0 saturated carbocycles. The first-order valence-electron chi connectivity index (χ1n) is 7.72. The summed E-state index contributed by atoms with van der Waals surface area (Å²) in [5.74, 6) is 1.01. The minimum absolute atomic E-state index is 0.0981. The molecule has 0 aliphatic heterocycles. The molecule has 0 amide bonds. The van der Waals surface area contributed by atoms with Gasteiger partial charge in [-0.3, -0.25) is 4.79 Å². The molecule has 0 aliphatic carbocycles. The number of rotatable bonds is 8. The zero-order chi connectivity index (χ0) is 16.8. The van der Waals surface area contributed by atoms with Crippen molar-refractivity contribution in [3.8, 4) is 5.75 Å². The van der Waals surface area contributed by atoms with Gasteiger partial charge in [0.2, 0.25) is 0 Å². The molecule has 0 aromatic heterocycles. The van der Waals surface area contributed by atoms with E-state index in [0.717, 1.165) is 28.3 Å². The molecule has 1 aromatic rings. The van der Waals surface area contributed by atoms with Gasteiger partial charge in [-0.15, -0.1) is 0 Å². The number of hydrogen-bond acceptors (Lipinski definition) is 3. The number of carbonyl (C=O) groups excluding carboxylic acids is 1. The Morgan fingerprint density at radius 2 is 2.00 bits per heavy atom. The van der Waals surface area contributed by atoms with Crippen molar-refractivity contribution in [2.75, 3.05) is 13.7 Å². The molecular formula is C17H27BrO3Si. The third-order valence-corrected chi connectivity index (χ3v) is 5.82. The van der Waals surface area contributed by atoms with Gasteiger partial charge in [-0.2, -0.15) is 0 Å². The Balaban J connectivity index is 2.47. The molecule has 1 rings (SSSR count). The topological polar surface area (TPSA) is 35.5 Å². The zero-order valence-corrected chi connectivity index (χ0v) is 16.8. The van der Waals surface area contributed by atoms with Gasteiger partial charge in [0.15, 0.2) is 0 Å². The number of methoxy groups -OCH3 is 1. The van der Waals surface area contributed by atoms with E-state index in [4.69, 9.17) is 9.47 Å². The number of benzene rings is 1. The second-order valence-corrected chi connectivity index (χ2v) is 13.4. The maximum atomic E-state index is 11.8. The van der Waals surface area contributed by atoms with E-state index in [1.54, 1.807) is 7.11 Å². The molecule has 124 valence electrons. The largest absolute Gasteiger partial charge is 0.496 e. The summed E-state index contributed by atoms with van der Waals surface area (Å²) in [6.07, 6.45) is 1.21. The van der Waals surface area contributed by atoms with Crippen molar-refractivity contribution in [1.82, 2.24) is 0 Å². The van der Waals surface area contributed by atoms with E-state index < -0.39 is 8.07 Å². The van der Waals surface area contributed by atoms with E-state index in [0.29, 0.717) is 13.0 Å². The predicted molar refractivity (Wildman–Crippen MR) is 97.5 cm³/mol. The third-order valence-electron chi connectivity index (χ3n) is 3.62. The van der Waals surface area contributed by atoms with Crippen LogP contribution in [0.25, 0.3) is 0 Å². The fraction of sp³-hybridized carbons (Fsp3) is 0.588. The fourth-order valence-electron chi connectivity index (χ4n) is 2.12. The molecule has 0 spiro atoms. The molecule has 5 heteroatoms. The molecule has 0 aliphatic rings. The van der Waals surface area contributed by atoms with Crippen LogP contribution in [-0.4, -0.2) is 27.8 Å². The summed E-state index contributed by atoms with van der Waals surface area (Å²) in [6, 6.07) is 6.98. The van der Waals surface area contributed by atoms with Crippen molar-refractivity contribution >= 4 is 30.0 Å². The second kappa shape index (κ2) is 8.72. The molecule has 0 fully saturated rings. The van der Waals surface area contributed by atoms with Crippen molar-refractivity contribution in [3.63, 3.8) is 0 Å². The van der Waals surface area contributed by atoms with Gasteiger partial charge in [-0.25, -0.2) is 0 Å². The Morgan fingerprint density at radius 1 is 1.32 bits per heavy atom. The van der Waals surface area contributed by atoms with E-state index >= 15 is 0 Å². The molecule has 0 N–H and O–H groups in total. The first-order chi connectivity index (χ1) is 10.2. The Kier molecular flexibility index (Phi) is 7.63. The van der Waals surface area contributed by atoms with Crippen molar-refractivity contribution in [2.24, 2.45) is 0 Å². The molecule has 0 unspecified atom stereocenters. The number of ether oxygens (including phenoxy) is 2. The molecule has 1 aromatic carbocycles. The summed E-state index contributed by atoms with van der Waals surface area (Å²) >= 11 is 3.48. The molecule has 0 saturated heterocycles. The van der Waals surface area contributed by atoms with Crippen LogP contribution in [0.1, 0.15) is 31.2 Å². The summed E-state index contributed by atoms with van der Waals surface area (Å²) in [5, 5.41) is 0. The van der Waals surface area contributed by atoms with Crippen molar-refractivity contribution in [1.29, 1.82) is 0 Å². The maximum Gasteiger partial charge on any atom is 0.305 e. The van der Waals surface area contributed by atoms with Gasteiger partial charge in [-0.05, 0) is 42.1 Å². The van der Waals surface area contributed by atoms with Gasteiger partial charge >= 0.3 is 5.97 Å². The van der Waals surface area contributed by atoms with E-state index in [1.165, 1.54) is 0 Å². The highest BCUT2D eigenvalue weighted by molar-refractivity contribution is 9.10. The van der Waals surface area contributed by atoms with Crippen molar-refractivity contribution in [3.05, 3.63) is 28.2 Å². The minimum Gasteiger partial charge on any atom is -0.496 e. The number of hydrogen-bond donors (Lipinski definition) is 0. The Morgan fingerprint density at radius 3 is 2.59 bits per heavy atom. The fourth-order valence-corrected chi connectivity index (χ4v) is 3.22. The van der Waals surface area contributed by atoms with Crippen molar-refractivity contribution < 1.29 is 14.3 Å². The SMILES string of the molecule is COc1ccc(Br)cc1[C@@H](C)CCC(=O)OCC[Si](C)(C)C. The minimum atomic E-state index is -1.14. The van der Waals surface area contributed by atoms with Crippen LogP contribution in [0.15, 0.2) is 22.7 Å². The average molecular weight is 387 g/mol. The third kappa shape index (κ3) is 6.96. The number of carbonyl (C=O) groups is 1. The van der Waals surface area contributed by atoms with Gasteiger partial charge in [0.25, 0.3) is 0 Å². The molecule has 22 heavy (non-hydrogen) atoms. The Hall–Kier alpha value is -0.813. The first-order valence-corrected chi connectivity index (χ1v) is 12.2. The Bertz CT molecular complexity index is 497. The van der Waals surface area contributed by atoms with Gasteiger partial charge in [0.1, 0.15) is 5.75 Å². The smallest absolute Gasteiger partial charge is 0.305 e. The maximum absolute atomic E-state index is 11.8. The monoisotopic (exact) mass is 386 g/mol. The molecule has 3 nitrogen and oxygen atoms in total. The summed E-state index contributed by atoms with van der Waals surface area (Å²) in [6.45, 7) is 9.51. The zero-order valence-electron chi connectivity index (χ0n) is 14.2. The van der Waals surface area contributed by atoms with Crippen LogP contribution < -0.4 is 4.74 Å². The Labute approximate surface area is 143 Å². The lowest BCUT2D eigenvalue weighted by Gasteiger charge is -2.17. The quantitative estimate of drug-likeness (QED) is 0.453. The first kappa shape index (κ1) is 19.2. The van der Waals surface area contributed by atoms with E-state index in [9.17, 15) is 4.79 Å². The standard InChI is InChI=1S/C17H27BrO3Si/c1-13(15-12-14(18)7-8-16(15)20-2)6-9-17(19)21-10-11-22(3,4)5/h7-8,12-13H,6,9-11H2,1-5H3/t13-/m0/s1. The van der Waals surface area contributed by atoms with E-state index in [1.807, 2.05) is 12.1 Å². The molecule has 0 bridgehead atoms. The molecular weight excluding hydrogens is 360 g/mol.